The van der Waals surface area contributed by atoms with Gasteiger partial charge in [0, 0.05) is 37.9 Å². The van der Waals surface area contributed by atoms with Crippen LogP contribution in [-0.2, 0) is 0 Å². The van der Waals surface area contributed by atoms with Crippen molar-refractivity contribution in [2.24, 2.45) is 0 Å². The van der Waals surface area contributed by atoms with Gasteiger partial charge in [0.2, 0.25) is 0 Å². The number of nitrogens with zero attached hydrogens (tertiary/aromatic N) is 4. The van der Waals surface area contributed by atoms with Gasteiger partial charge in [0.1, 0.15) is 18.0 Å². The molecular formula is C19H27N5. The molecule has 5 nitrogen and oxygen atoms in total. The zero-order valence-electron chi connectivity index (χ0n) is 14.9. The molecule has 5 heteroatoms. The first-order chi connectivity index (χ1) is 11.7. The van der Waals surface area contributed by atoms with Crippen LogP contribution in [0.5, 0.6) is 0 Å². The molecule has 0 unspecified atom stereocenters. The monoisotopic (exact) mass is 325 g/mol. The Kier molecular flexibility index (Phi) is 5.30. The van der Waals surface area contributed by atoms with Crippen molar-refractivity contribution in [1.29, 1.82) is 0 Å². The van der Waals surface area contributed by atoms with E-state index >= 15 is 0 Å². The third-order valence-corrected chi connectivity index (χ3v) is 4.64. The van der Waals surface area contributed by atoms with E-state index in [-0.39, 0.29) is 0 Å². The number of benzene rings is 1. The third kappa shape index (κ3) is 3.85. The van der Waals surface area contributed by atoms with Gasteiger partial charge in [0.25, 0.3) is 0 Å². The zero-order chi connectivity index (χ0) is 16.9. The molecule has 0 radical (unpaired) electrons. The maximum absolute atomic E-state index is 4.47. The van der Waals surface area contributed by atoms with Gasteiger partial charge in [-0.25, -0.2) is 9.97 Å². The van der Waals surface area contributed by atoms with Gasteiger partial charge in [-0.1, -0.05) is 39.0 Å². The summed E-state index contributed by atoms with van der Waals surface area (Å²) in [7, 11) is 0. The molecule has 0 spiro atoms. The van der Waals surface area contributed by atoms with Gasteiger partial charge in [-0.3, -0.25) is 0 Å². The molecule has 2 aromatic rings. The summed E-state index contributed by atoms with van der Waals surface area (Å²) >= 11 is 0. The van der Waals surface area contributed by atoms with Crippen LogP contribution in [0.2, 0.25) is 0 Å². The van der Waals surface area contributed by atoms with Crippen molar-refractivity contribution in [3.05, 3.63) is 42.2 Å². The van der Waals surface area contributed by atoms with E-state index in [1.807, 2.05) is 0 Å². The van der Waals surface area contributed by atoms with Gasteiger partial charge in [-0.15, -0.1) is 0 Å². The lowest BCUT2D eigenvalue weighted by atomic mass is 10.0. The summed E-state index contributed by atoms with van der Waals surface area (Å²) in [6.45, 7) is 12.0. The number of para-hydroxylation sites is 1. The SMILES string of the molecule is CCN1CCN(c2cc(Nc3ccccc3C(C)C)ncn2)CC1. The predicted octanol–water partition coefficient (Wildman–Crippen LogP) is 3.49. The van der Waals surface area contributed by atoms with E-state index in [1.54, 1.807) is 6.33 Å². The fourth-order valence-electron chi connectivity index (χ4n) is 3.13. The summed E-state index contributed by atoms with van der Waals surface area (Å²) in [5.41, 5.74) is 2.42. The minimum Gasteiger partial charge on any atom is -0.354 e. The lowest BCUT2D eigenvalue weighted by Crippen LogP contribution is -2.46. The van der Waals surface area contributed by atoms with Gasteiger partial charge in [-0.2, -0.15) is 0 Å². The molecule has 0 saturated carbocycles. The predicted molar refractivity (Wildman–Crippen MR) is 100 cm³/mol. The van der Waals surface area contributed by atoms with Crippen LogP contribution in [0.1, 0.15) is 32.3 Å². The van der Waals surface area contributed by atoms with Crippen LogP contribution >= 0.6 is 0 Å². The third-order valence-electron chi connectivity index (χ3n) is 4.64. The van der Waals surface area contributed by atoms with Gasteiger partial charge in [-0.05, 0) is 24.1 Å². The molecule has 128 valence electrons. The maximum atomic E-state index is 4.47. The molecule has 1 aromatic heterocycles. The van der Waals surface area contributed by atoms with Crippen LogP contribution in [0.3, 0.4) is 0 Å². The number of rotatable bonds is 5. The zero-order valence-corrected chi connectivity index (χ0v) is 14.9. The minimum atomic E-state index is 0.470. The Hall–Kier alpha value is -2.14. The van der Waals surface area contributed by atoms with Crippen LogP contribution in [0.25, 0.3) is 0 Å². The summed E-state index contributed by atoms with van der Waals surface area (Å²) in [6.07, 6.45) is 1.65. The highest BCUT2D eigenvalue weighted by Crippen LogP contribution is 2.27. The van der Waals surface area contributed by atoms with Crippen molar-refractivity contribution >= 4 is 17.3 Å². The highest BCUT2D eigenvalue weighted by Gasteiger charge is 2.17. The Morgan fingerprint density at radius 2 is 1.83 bits per heavy atom. The molecular weight excluding hydrogens is 298 g/mol. The van der Waals surface area contributed by atoms with Crippen LogP contribution in [0.15, 0.2) is 36.7 Å². The second-order valence-corrected chi connectivity index (χ2v) is 6.55. The molecule has 1 aromatic carbocycles. The molecule has 3 rings (SSSR count). The van der Waals surface area contributed by atoms with Gasteiger partial charge < -0.3 is 15.1 Å². The molecule has 0 aliphatic carbocycles. The minimum absolute atomic E-state index is 0.470. The first kappa shape index (κ1) is 16.7. The number of aromatic nitrogens is 2. The molecule has 1 fully saturated rings. The summed E-state index contributed by atoms with van der Waals surface area (Å²) in [6, 6.07) is 10.5. The lowest BCUT2D eigenvalue weighted by Gasteiger charge is -2.34. The van der Waals surface area contributed by atoms with Gasteiger partial charge in [0.15, 0.2) is 0 Å². The van der Waals surface area contributed by atoms with Crippen molar-refractivity contribution in [1.82, 2.24) is 14.9 Å². The average Bonchev–Trinajstić information content (AvgIpc) is 2.62. The Morgan fingerprint density at radius 3 is 2.54 bits per heavy atom. The second kappa shape index (κ2) is 7.62. The topological polar surface area (TPSA) is 44.3 Å². The van der Waals surface area contributed by atoms with E-state index in [4.69, 9.17) is 0 Å². The van der Waals surface area contributed by atoms with Crippen molar-refractivity contribution in [3.63, 3.8) is 0 Å². The quantitative estimate of drug-likeness (QED) is 0.912. The van der Waals surface area contributed by atoms with Crippen LogP contribution < -0.4 is 10.2 Å². The molecule has 1 saturated heterocycles. The smallest absolute Gasteiger partial charge is 0.135 e. The standard InChI is InChI=1S/C19H27N5/c1-4-23-9-11-24(12-10-23)19-13-18(20-14-21-19)22-17-8-6-5-7-16(17)15(2)3/h5-8,13-15H,4,9-12H2,1-3H3,(H,20,21,22). The molecule has 1 N–H and O–H groups in total. The molecule has 0 amide bonds. The van der Waals surface area contributed by atoms with Gasteiger partial charge >= 0.3 is 0 Å². The van der Waals surface area contributed by atoms with Crippen LogP contribution in [-0.4, -0.2) is 47.6 Å². The summed E-state index contributed by atoms with van der Waals surface area (Å²) in [5.74, 6) is 2.33. The molecule has 1 aliphatic rings. The highest BCUT2D eigenvalue weighted by molar-refractivity contribution is 5.63. The normalized spacial score (nSPS) is 15.8. The van der Waals surface area contributed by atoms with E-state index in [9.17, 15) is 0 Å². The van der Waals surface area contributed by atoms with E-state index in [2.05, 4.69) is 76.2 Å². The van der Waals surface area contributed by atoms with Crippen molar-refractivity contribution in [2.75, 3.05) is 42.9 Å². The average molecular weight is 325 g/mol. The number of anilines is 3. The van der Waals surface area contributed by atoms with Crippen molar-refractivity contribution in [3.8, 4) is 0 Å². The van der Waals surface area contributed by atoms with Crippen molar-refractivity contribution < 1.29 is 0 Å². The van der Waals surface area contributed by atoms with Crippen LogP contribution in [0, 0.1) is 0 Å². The largest absolute Gasteiger partial charge is 0.354 e. The molecule has 0 bridgehead atoms. The van der Waals surface area contributed by atoms with E-state index < -0.39 is 0 Å². The first-order valence-electron chi connectivity index (χ1n) is 8.82. The maximum Gasteiger partial charge on any atom is 0.135 e. The summed E-state index contributed by atoms with van der Waals surface area (Å²) < 4.78 is 0. The number of piperazine rings is 1. The summed E-state index contributed by atoms with van der Waals surface area (Å²) in [5, 5.41) is 3.47. The number of hydrogen-bond donors (Lipinski definition) is 1. The van der Waals surface area contributed by atoms with E-state index in [0.717, 1.165) is 50.0 Å². The van der Waals surface area contributed by atoms with E-state index in [1.165, 1.54) is 5.56 Å². The fraction of sp³-hybridized carbons (Fsp3) is 0.474. The number of nitrogens with one attached hydrogen (secondary N) is 1. The number of hydrogen-bond acceptors (Lipinski definition) is 5. The fourth-order valence-corrected chi connectivity index (χ4v) is 3.13. The Morgan fingerprint density at radius 1 is 1.08 bits per heavy atom. The Labute approximate surface area is 144 Å². The highest BCUT2D eigenvalue weighted by atomic mass is 15.3. The van der Waals surface area contributed by atoms with E-state index in [0.29, 0.717) is 5.92 Å². The molecule has 1 aliphatic heterocycles. The molecule has 2 heterocycles. The first-order valence-corrected chi connectivity index (χ1v) is 8.82. The van der Waals surface area contributed by atoms with Crippen molar-refractivity contribution in [2.45, 2.75) is 26.7 Å². The van der Waals surface area contributed by atoms with Crippen LogP contribution in [0.4, 0.5) is 17.3 Å². The molecule has 24 heavy (non-hydrogen) atoms. The van der Waals surface area contributed by atoms with Gasteiger partial charge in [0.05, 0.1) is 0 Å². The Bertz CT molecular complexity index is 662. The molecule has 0 atom stereocenters. The number of likely N-dealkylation sites (N-methyl/N-ethyl adjacent to an activating group) is 1. The lowest BCUT2D eigenvalue weighted by molar-refractivity contribution is 0.270. The Balaban J connectivity index is 1.75. The summed E-state index contributed by atoms with van der Waals surface area (Å²) in [4.78, 5) is 13.7. The second-order valence-electron chi connectivity index (χ2n) is 6.55.